The standard InChI is InChI=1S/C19H17S.C11H17F3O.C7H10F2O6S/c1-16-12-14-19(15-13-16)20(17-8-4-2-5-9-17)18-10-6-3-7-11-18;1-10(15,11(12,13)14)6-9-5-7-2-3-8(9)4-7;1-5(6(10)14-2)3-15-4-7(8,9)16(11,12)13/h2-15H,1H3;7-9,15H,2-6H2,1H3;1,3-4H2,2H3,(H,11,12,13)/q+1;;/p-1. The Morgan fingerprint density at radius 3 is 1.82 bits per heavy atom. The zero-order chi connectivity index (χ0) is 38.0. The van der Waals surface area contributed by atoms with Gasteiger partial charge >= 0.3 is 17.4 Å². The molecule has 280 valence electrons. The lowest BCUT2D eigenvalue weighted by atomic mass is 9.81. The van der Waals surface area contributed by atoms with E-state index in [1.54, 1.807) is 0 Å². The first-order valence-electron chi connectivity index (χ1n) is 16.1. The van der Waals surface area contributed by atoms with Crippen molar-refractivity contribution >= 4 is 27.0 Å². The third-order valence-corrected chi connectivity index (χ3v) is 11.8. The van der Waals surface area contributed by atoms with Crippen LogP contribution in [0.25, 0.3) is 0 Å². The Kier molecular flexibility index (Phi) is 14.8. The van der Waals surface area contributed by atoms with E-state index >= 15 is 0 Å². The van der Waals surface area contributed by atoms with Crippen molar-refractivity contribution in [1.29, 1.82) is 0 Å². The lowest BCUT2D eigenvalue weighted by Crippen LogP contribution is -2.44. The number of methoxy groups -OCH3 is 1. The van der Waals surface area contributed by atoms with E-state index in [4.69, 9.17) is 0 Å². The van der Waals surface area contributed by atoms with E-state index in [9.17, 15) is 44.8 Å². The molecule has 2 bridgehead atoms. The quantitative estimate of drug-likeness (QED) is 0.0692. The third-order valence-electron chi connectivity index (χ3n) is 8.76. The predicted molar refractivity (Wildman–Crippen MR) is 183 cm³/mol. The van der Waals surface area contributed by atoms with Crippen LogP contribution in [-0.4, -0.2) is 61.4 Å². The second-order valence-electron chi connectivity index (χ2n) is 12.8. The SMILES string of the molecule is C=C(COCC(F)(F)S(=O)(=O)[O-])C(=O)OC.CC(O)(CC1CC2CCC1C2)C(F)(F)F.Cc1ccc([S+](c2ccccc2)c2ccccc2)cc1. The van der Waals surface area contributed by atoms with Gasteiger partial charge in [0.15, 0.2) is 30.4 Å². The smallest absolute Gasteiger partial charge is 0.416 e. The summed E-state index contributed by atoms with van der Waals surface area (Å²) in [5, 5.41) is 4.88. The molecule has 51 heavy (non-hydrogen) atoms. The summed E-state index contributed by atoms with van der Waals surface area (Å²) in [6.45, 7) is 3.87. The van der Waals surface area contributed by atoms with E-state index in [0.29, 0.717) is 11.8 Å². The summed E-state index contributed by atoms with van der Waals surface area (Å²) in [6.07, 6.45) is -0.402. The number of carbonyl (C=O) groups excluding carboxylic acids is 1. The summed E-state index contributed by atoms with van der Waals surface area (Å²) in [4.78, 5) is 14.8. The van der Waals surface area contributed by atoms with Gasteiger partial charge in [0.25, 0.3) is 0 Å². The lowest BCUT2D eigenvalue weighted by molar-refractivity contribution is -0.259. The number of halogens is 5. The van der Waals surface area contributed by atoms with Crippen LogP contribution in [0.4, 0.5) is 22.0 Å². The van der Waals surface area contributed by atoms with Gasteiger partial charge in [0.05, 0.1) is 30.2 Å². The van der Waals surface area contributed by atoms with E-state index in [0.717, 1.165) is 33.3 Å². The number of fused-ring (bicyclic) bond motifs is 2. The fourth-order valence-electron chi connectivity index (χ4n) is 6.02. The number of aliphatic hydroxyl groups is 1. The molecule has 7 nitrogen and oxygen atoms in total. The van der Waals surface area contributed by atoms with Crippen LogP contribution in [-0.2, 0) is 35.3 Å². The Morgan fingerprint density at radius 1 is 0.902 bits per heavy atom. The molecule has 0 saturated heterocycles. The van der Waals surface area contributed by atoms with E-state index in [1.807, 2.05) is 0 Å². The van der Waals surface area contributed by atoms with Gasteiger partial charge < -0.3 is 19.1 Å². The highest BCUT2D eigenvalue weighted by Gasteiger charge is 2.53. The molecule has 2 fully saturated rings. The number of ether oxygens (including phenoxy) is 2. The minimum Gasteiger partial charge on any atom is -0.743 e. The first-order chi connectivity index (χ1) is 23.8. The fourth-order valence-corrected chi connectivity index (χ4v) is 8.33. The van der Waals surface area contributed by atoms with Crippen LogP contribution in [0, 0.1) is 24.7 Å². The molecule has 2 aliphatic carbocycles. The van der Waals surface area contributed by atoms with Crippen molar-refractivity contribution in [1.82, 2.24) is 0 Å². The maximum atomic E-state index is 12.5. The molecule has 1 N–H and O–H groups in total. The monoisotopic (exact) mass is 758 g/mol. The average molecular weight is 759 g/mol. The van der Waals surface area contributed by atoms with Gasteiger partial charge in [-0.3, -0.25) is 0 Å². The molecule has 0 heterocycles. The van der Waals surface area contributed by atoms with Gasteiger partial charge in [-0.2, -0.15) is 22.0 Å². The van der Waals surface area contributed by atoms with Crippen LogP contribution in [0.15, 0.2) is 112 Å². The minimum atomic E-state index is -5.78. The second-order valence-corrected chi connectivity index (χ2v) is 16.4. The van der Waals surface area contributed by atoms with Crippen molar-refractivity contribution < 1.29 is 54.3 Å². The predicted octanol–water partition coefficient (Wildman–Crippen LogP) is 8.09. The number of carbonyl (C=O) groups is 1. The van der Waals surface area contributed by atoms with Gasteiger partial charge in [-0.15, -0.1) is 0 Å². The van der Waals surface area contributed by atoms with E-state index in [-0.39, 0.29) is 28.8 Å². The minimum absolute atomic E-state index is 0.0229. The Balaban J connectivity index is 0.000000210. The first-order valence-corrected chi connectivity index (χ1v) is 18.8. The van der Waals surface area contributed by atoms with Crippen molar-refractivity contribution in [3.05, 3.63) is 103 Å². The average Bonchev–Trinajstić information content (AvgIpc) is 3.69. The Morgan fingerprint density at radius 2 is 1.41 bits per heavy atom. The van der Waals surface area contributed by atoms with Crippen LogP contribution in [0.2, 0.25) is 0 Å². The normalized spacial score (nSPS) is 19.6. The number of rotatable bonds is 11. The highest BCUT2D eigenvalue weighted by atomic mass is 32.2. The number of alkyl halides is 5. The van der Waals surface area contributed by atoms with Gasteiger partial charge in [0.2, 0.25) is 0 Å². The summed E-state index contributed by atoms with van der Waals surface area (Å²) >= 11 is 0. The molecule has 0 amide bonds. The molecule has 3 aromatic rings. The number of esters is 1. The molecule has 2 aliphatic rings. The highest BCUT2D eigenvalue weighted by molar-refractivity contribution is 7.97. The first kappa shape index (κ1) is 42.1. The number of hydrogen-bond donors (Lipinski definition) is 1. The van der Waals surface area contributed by atoms with Crippen molar-refractivity contribution in [2.45, 2.75) is 77.7 Å². The molecule has 0 radical (unpaired) electrons. The summed E-state index contributed by atoms with van der Waals surface area (Å²) < 4.78 is 101. The van der Waals surface area contributed by atoms with E-state index < -0.39 is 46.3 Å². The number of hydrogen-bond acceptors (Lipinski definition) is 7. The van der Waals surface area contributed by atoms with E-state index in [2.05, 4.69) is 108 Å². The Labute approximate surface area is 299 Å². The second kappa shape index (κ2) is 18.0. The molecule has 14 heteroatoms. The van der Waals surface area contributed by atoms with Crippen LogP contribution in [0.3, 0.4) is 0 Å². The van der Waals surface area contributed by atoms with Gasteiger partial charge in [-0.1, -0.05) is 67.1 Å². The maximum Gasteiger partial charge on any atom is 0.416 e. The molecule has 0 aromatic heterocycles. The largest absolute Gasteiger partial charge is 0.743 e. The summed E-state index contributed by atoms with van der Waals surface area (Å²) in [7, 11) is -4.76. The maximum absolute atomic E-state index is 12.5. The van der Waals surface area contributed by atoms with Gasteiger partial charge in [0, 0.05) is 0 Å². The van der Waals surface area contributed by atoms with E-state index in [1.165, 1.54) is 26.7 Å². The van der Waals surface area contributed by atoms with Gasteiger partial charge in [-0.05, 0) is 93.7 Å². The topological polar surface area (TPSA) is 113 Å². The van der Waals surface area contributed by atoms with Crippen molar-refractivity contribution in [2.24, 2.45) is 17.8 Å². The molecule has 5 rings (SSSR count). The molecule has 2 saturated carbocycles. The number of aryl methyl sites for hydroxylation is 1. The number of benzene rings is 3. The Hall–Kier alpha value is -3.30. The van der Waals surface area contributed by atoms with Crippen molar-refractivity contribution in [3.8, 4) is 0 Å². The van der Waals surface area contributed by atoms with Crippen LogP contribution >= 0.6 is 0 Å². The third kappa shape index (κ3) is 12.1. The zero-order valence-electron chi connectivity index (χ0n) is 28.6. The van der Waals surface area contributed by atoms with Crippen LogP contribution < -0.4 is 0 Å². The van der Waals surface area contributed by atoms with Crippen molar-refractivity contribution in [2.75, 3.05) is 20.3 Å². The summed E-state index contributed by atoms with van der Waals surface area (Å²) in [6, 6.07) is 30.4. The van der Waals surface area contributed by atoms with Crippen LogP contribution in [0.1, 0.15) is 44.6 Å². The fraction of sp³-hybridized carbons (Fsp3) is 0.432. The van der Waals surface area contributed by atoms with Gasteiger partial charge in [0.1, 0.15) is 6.61 Å². The van der Waals surface area contributed by atoms with Crippen molar-refractivity contribution in [3.63, 3.8) is 0 Å². The molecule has 3 aromatic carbocycles. The molecule has 4 unspecified atom stereocenters. The Bertz CT molecular complexity index is 1630. The molecular weight excluding hydrogens is 716 g/mol. The molecular formula is C37H43F5O7S2. The summed E-state index contributed by atoms with van der Waals surface area (Å²) in [5.74, 6) is 0.265. The molecule has 4 atom stereocenters. The summed E-state index contributed by atoms with van der Waals surface area (Å²) in [5.41, 5.74) is -1.47. The lowest BCUT2D eigenvalue weighted by Gasteiger charge is -2.32. The highest BCUT2D eigenvalue weighted by Crippen LogP contribution is 2.52. The zero-order valence-corrected chi connectivity index (χ0v) is 30.2. The molecule has 0 spiro atoms. The van der Waals surface area contributed by atoms with Gasteiger partial charge in [-0.25, -0.2) is 13.2 Å². The molecule has 0 aliphatic heterocycles. The van der Waals surface area contributed by atoms with Crippen LogP contribution in [0.5, 0.6) is 0 Å².